The first-order valence-electron chi connectivity index (χ1n) is 8.25. The summed E-state index contributed by atoms with van der Waals surface area (Å²) in [7, 11) is 0. The van der Waals surface area contributed by atoms with Gasteiger partial charge in [-0.25, -0.2) is 4.39 Å². The molecular formula is C20H17FN2O4. The van der Waals surface area contributed by atoms with Gasteiger partial charge in [-0.1, -0.05) is 0 Å². The molecule has 0 atom stereocenters. The number of amides is 2. The Morgan fingerprint density at radius 1 is 0.852 bits per heavy atom. The minimum atomic E-state index is -0.338. The fourth-order valence-corrected chi connectivity index (χ4v) is 2.26. The first-order valence-corrected chi connectivity index (χ1v) is 8.25. The van der Waals surface area contributed by atoms with E-state index in [4.69, 9.17) is 9.15 Å². The summed E-state index contributed by atoms with van der Waals surface area (Å²) >= 11 is 0. The molecule has 0 saturated carbocycles. The van der Waals surface area contributed by atoms with E-state index >= 15 is 0 Å². The third-order valence-electron chi connectivity index (χ3n) is 3.61. The highest BCUT2D eigenvalue weighted by Gasteiger charge is 2.08. The number of carbonyl (C=O) groups excluding carboxylic acids is 2. The van der Waals surface area contributed by atoms with Crippen molar-refractivity contribution >= 4 is 11.8 Å². The van der Waals surface area contributed by atoms with Crippen molar-refractivity contribution in [2.45, 2.75) is 0 Å². The van der Waals surface area contributed by atoms with Crippen molar-refractivity contribution in [1.29, 1.82) is 0 Å². The van der Waals surface area contributed by atoms with E-state index < -0.39 is 0 Å². The summed E-state index contributed by atoms with van der Waals surface area (Å²) in [4.78, 5) is 23.8. The predicted octanol–water partition coefficient (Wildman–Crippen LogP) is 3.37. The van der Waals surface area contributed by atoms with Gasteiger partial charge in [-0.2, -0.15) is 0 Å². The highest BCUT2D eigenvalue weighted by atomic mass is 19.1. The number of halogens is 1. The molecule has 27 heavy (non-hydrogen) atoms. The largest absolute Gasteiger partial charge is 0.459 e. The molecule has 2 N–H and O–H groups in total. The van der Waals surface area contributed by atoms with Crippen molar-refractivity contribution in [3.8, 4) is 11.5 Å². The third-order valence-corrected chi connectivity index (χ3v) is 3.61. The smallest absolute Gasteiger partial charge is 0.287 e. The van der Waals surface area contributed by atoms with Crippen molar-refractivity contribution in [1.82, 2.24) is 10.6 Å². The Labute approximate surface area is 155 Å². The molecule has 2 aromatic carbocycles. The lowest BCUT2D eigenvalue weighted by atomic mass is 10.2. The van der Waals surface area contributed by atoms with E-state index in [1.165, 1.54) is 30.5 Å². The van der Waals surface area contributed by atoms with E-state index in [0.717, 1.165) is 0 Å². The number of benzene rings is 2. The van der Waals surface area contributed by atoms with Crippen LogP contribution in [0.25, 0.3) is 0 Å². The average Bonchev–Trinajstić information content (AvgIpc) is 3.22. The fourth-order valence-electron chi connectivity index (χ4n) is 2.26. The van der Waals surface area contributed by atoms with Gasteiger partial charge in [0.05, 0.1) is 6.26 Å². The van der Waals surface area contributed by atoms with Crippen molar-refractivity contribution in [2.24, 2.45) is 0 Å². The van der Waals surface area contributed by atoms with Gasteiger partial charge in [0.25, 0.3) is 11.8 Å². The second kappa shape index (κ2) is 8.66. The minimum absolute atomic E-state index is 0.220. The molecular weight excluding hydrogens is 351 g/mol. The molecule has 0 aliphatic carbocycles. The van der Waals surface area contributed by atoms with Gasteiger partial charge in [-0.05, 0) is 60.7 Å². The maximum atomic E-state index is 12.9. The molecule has 0 bridgehead atoms. The minimum Gasteiger partial charge on any atom is -0.459 e. The van der Waals surface area contributed by atoms with E-state index in [1.54, 1.807) is 36.4 Å². The standard InChI is InChI=1S/C20H17FN2O4/c21-15-5-9-17(10-6-15)27-16-7-3-14(4-8-16)19(24)22-11-12-23-20(25)18-2-1-13-26-18/h1-10,13H,11-12H2,(H,22,24)(H,23,25). The van der Waals surface area contributed by atoms with Crippen LogP contribution >= 0.6 is 0 Å². The Hall–Kier alpha value is -3.61. The van der Waals surface area contributed by atoms with Gasteiger partial charge in [0.1, 0.15) is 17.3 Å². The number of hydrogen-bond acceptors (Lipinski definition) is 4. The zero-order chi connectivity index (χ0) is 19.1. The number of ether oxygens (including phenoxy) is 1. The second-order valence-corrected chi connectivity index (χ2v) is 5.57. The van der Waals surface area contributed by atoms with Crippen LogP contribution in [0.5, 0.6) is 11.5 Å². The topological polar surface area (TPSA) is 80.6 Å². The number of nitrogens with one attached hydrogen (secondary N) is 2. The second-order valence-electron chi connectivity index (χ2n) is 5.57. The van der Waals surface area contributed by atoms with E-state index in [2.05, 4.69) is 10.6 Å². The lowest BCUT2D eigenvalue weighted by molar-refractivity contribution is 0.0910. The van der Waals surface area contributed by atoms with E-state index in [9.17, 15) is 14.0 Å². The fraction of sp³-hybridized carbons (Fsp3) is 0.100. The number of furan rings is 1. The van der Waals surface area contributed by atoms with Crippen LogP contribution in [0.15, 0.2) is 71.3 Å². The van der Waals surface area contributed by atoms with E-state index in [1.807, 2.05) is 0 Å². The molecule has 1 aromatic heterocycles. The predicted molar refractivity (Wildman–Crippen MR) is 96.3 cm³/mol. The molecule has 0 radical (unpaired) electrons. The van der Waals surface area contributed by atoms with Crippen LogP contribution in [0.4, 0.5) is 4.39 Å². The summed E-state index contributed by atoms with van der Waals surface area (Å²) in [6.07, 6.45) is 1.42. The molecule has 0 saturated heterocycles. The van der Waals surface area contributed by atoms with Crippen molar-refractivity contribution < 1.29 is 23.1 Å². The van der Waals surface area contributed by atoms with Gasteiger partial charge in [-0.3, -0.25) is 9.59 Å². The molecule has 0 fully saturated rings. The molecule has 3 rings (SSSR count). The van der Waals surface area contributed by atoms with Crippen molar-refractivity contribution in [3.63, 3.8) is 0 Å². The molecule has 7 heteroatoms. The Kier molecular flexibility index (Phi) is 5.84. The van der Waals surface area contributed by atoms with E-state index in [0.29, 0.717) is 17.1 Å². The Morgan fingerprint density at radius 2 is 1.44 bits per heavy atom. The van der Waals surface area contributed by atoms with Crippen LogP contribution < -0.4 is 15.4 Å². The van der Waals surface area contributed by atoms with Gasteiger partial charge in [0.2, 0.25) is 0 Å². The maximum absolute atomic E-state index is 12.9. The summed E-state index contributed by atoms with van der Waals surface area (Å²) in [5.74, 6) is 0.310. The molecule has 6 nitrogen and oxygen atoms in total. The molecule has 0 unspecified atom stereocenters. The molecule has 0 spiro atoms. The first kappa shape index (κ1) is 18.2. The molecule has 1 heterocycles. The number of hydrogen-bond donors (Lipinski definition) is 2. The zero-order valence-corrected chi connectivity index (χ0v) is 14.3. The van der Waals surface area contributed by atoms with Gasteiger partial charge < -0.3 is 19.8 Å². The molecule has 0 aliphatic heterocycles. The van der Waals surface area contributed by atoms with Crippen LogP contribution in [0.3, 0.4) is 0 Å². The Balaban J connectivity index is 1.44. The summed E-state index contributed by atoms with van der Waals surface area (Å²) < 4.78 is 23.4. The molecule has 3 aromatic rings. The highest BCUT2D eigenvalue weighted by molar-refractivity contribution is 5.94. The summed E-state index contributed by atoms with van der Waals surface area (Å²) in [6.45, 7) is 0.552. The SMILES string of the molecule is O=C(NCCNC(=O)c1ccco1)c1ccc(Oc2ccc(F)cc2)cc1. The molecule has 2 amide bonds. The summed E-state index contributed by atoms with van der Waals surface area (Å²) in [5.41, 5.74) is 0.457. The van der Waals surface area contributed by atoms with Gasteiger partial charge in [0.15, 0.2) is 5.76 Å². The van der Waals surface area contributed by atoms with Crippen LogP contribution in [-0.4, -0.2) is 24.9 Å². The zero-order valence-electron chi connectivity index (χ0n) is 14.3. The molecule has 138 valence electrons. The van der Waals surface area contributed by atoms with Crippen LogP contribution in [0.2, 0.25) is 0 Å². The summed E-state index contributed by atoms with van der Waals surface area (Å²) in [5, 5.41) is 5.35. The van der Waals surface area contributed by atoms with Gasteiger partial charge in [-0.15, -0.1) is 0 Å². The Morgan fingerprint density at radius 3 is 2.04 bits per heavy atom. The number of rotatable bonds is 7. The highest BCUT2D eigenvalue weighted by Crippen LogP contribution is 2.21. The Bertz CT molecular complexity index is 891. The monoisotopic (exact) mass is 368 g/mol. The van der Waals surface area contributed by atoms with Gasteiger partial charge >= 0.3 is 0 Å². The lowest BCUT2D eigenvalue weighted by Gasteiger charge is -2.08. The van der Waals surface area contributed by atoms with Crippen molar-refractivity contribution in [2.75, 3.05) is 13.1 Å². The lowest BCUT2D eigenvalue weighted by Crippen LogP contribution is -2.34. The average molecular weight is 368 g/mol. The van der Waals surface area contributed by atoms with Crippen LogP contribution in [-0.2, 0) is 0 Å². The van der Waals surface area contributed by atoms with Crippen LogP contribution in [0, 0.1) is 5.82 Å². The number of carbonyl (C=O) groups is 2. The van der Waals surface area contributed by atoms with Crippen LogP contribution in [0.1, 0.15) is 20.9 Å². The van der Waals surface area contributed by atoms with E-state index in [-0.39, 0.29) is 36.5 Å². The maximum Gasteiger partial charge on any atom is 0.287 e. The normalized spacial score (nSPS) is 10.3. The van der Waals surface area contributed by atoms with Gasteiger partial charge in [0, 0.05) is 18.7 Å². The quantitative estimate of drug-likeness (QED) is 0.627. The first-order chi connectivity index (χ1) is 13.1. The summed E-state index contributed by atoms with van der Waals surface area (Å²) in [6, 6.07) is 15.4. The van der Waals surface area contributed by atoms with Crippen molar-refractivity contribution in [3.05, 3.63) is 84.1 Å². The third kappa shape index (κ3) is 5.18. The molecule has 0 aliphatic rings.